The molecule has 2 aliphatic rings. The molecule has 2 fully saturated rings. The van der Waals surface area contributed by atoms with Gasteiger partial charge in [-0.15, -0.1) is 0 Å². The minimum Gasteiger partial charge on any atom is -0.497 e. The standard InChI is InChI=1S/C20H24N2O3S2/c1-25-16-9-4-6-14(12-16)13-17-19(24)22(20(26)27-17)11-5-10-18(23)21-15-7-2-3-8-15/h4,6,9,12-13,15H,2-3,5,7-8,10-11H2,1H3,(H,21,23)/b17-13-. The van der Waals surface area contributed by atoms with Crippen molar-refractivity contribution in [1.29, 1.82) is 0 Å². The average molecular weight is 405 g/mol. The number of methoxy groups -OCH3 is 1. The summed E-state index contributed by atoms with van der Waals surface area (Å²) in [5.74, 6) is 0.718. The van der Waals surface area contributed by atoms with Gasteiger partial charge in [-0.05, 0) is 43.0 Å². The van der Waals surface area contributed by atoms with Crippen molar-refractivity contribution in [3.63, 3.8) is 0 Å². The summed E-state index contributed by atoms with van der Waals surface area (Å²) in [6.45, 7) is 0.470. The monoisotopic (exact) mass is 404 g/mol. The van der Waals surface area contributed by atoms with Crippen LogP contribution in [-0.2, 0) is 9.59 Å². The number of nitrogens with zero attached hydrogens (tertiary/aromatic N) is 1. The Morgan fingerprint density at radius 2 is 2.19 bits per heavy atom. The highest BCUT2D eigenvalue weighted by atomic mass is 32.2. The molecule has 0 aromatic heterocycles. The Hall–Kier alpha value is -1.86. The fraction of sp³-hybridized carbons (Fsp3) is 0.450. The highest BCUT2D eigenvalue weighted by Crippen LogP contribution is 2.33. The van der Waals surface area contributed by atoms with Crippen molar-refractivity contribution in [2.45, 2.75) is 44.6 Å². The third kappa shape index (κ3) is 5.32. The smallest absolute Gasteiger partial charge is 0.266 e. The number of carbonyl (C=O) groups excluding carboxylic acids is 2. The Morgan fingerprint density at radius 3 is 2.93 bits per heavy atom. The minimum atomic E-state index is -0.0935. The maximum Gasteiger partial charge on any atom is 0.266 e. The molecule has 1 heterocycles. The number of benzene rings is 1. The third-order valence-corrected chi connectivity index (χ3v) is 6.15. The molecule has 1 aromatic rings. The Morgan fingerprint density at radius 1 is 1.41 bits per heavy atom. The first-order valence-corrected chi connectivity index (χ1v) is 10.5. The number of thioether (sulfide) groups is 1. The van der Waals surface area contributed by atoms with Gasteiger partial charge in [0.15, 0.2) is 0 Å². The number of ether oxygens (including phenoxy) is 1. The van der Waals surface area contributed by atoms with Crippen LogP contribution in [0.5, 0.6) is 5.75 Å². The minimum absolute atomic E-state index is 0.0688. The van der Waals surface area contributed by atoms with Crippen molar-refractivity contribution in [3.05, 3.63) is 34.7 Å². The number of carbonyl (C=O) groups is 2. The molecule has 0 unspecified atom stereocenters. The normalized spacial score (nSPS) is 19.1. The van der Waals surface area contributed by atoms with Crippen LogP contribution in [0.1, 0.15) is 44.1 Å². The predicted octanol–water partition coefficient (Wildman–Crippen LogP) is 3.74. The SMILES string of the molecule is COc1cccc(/C=C2\SC(=S)N(CCCC(=O)NC3CCCC3)C2=O)c1. The van der Waals surface area contributed by atoms with E-state index >= 15 is 0 Å². The van der Waals surface area contributed by atoms with Crippen molar-refractivity contribution in [2.75, 3.05) is 13.7 Å². The molecule has 144 valence electrons. The first kappa shape index (κ1) is 19.9. The summed E-state index contributed by atoms with van der Waals surface area (Å²) in [6, 6.07) is 7.87. The summed E-state index contributed by atoms with van der Waals surface area (Å²) in [5, 5.41) is 3.08. The Kier molecular flexibility index (Phi) is 6.90. The van der Waals surface area contributed by atoms with Gasteiger partial charge in [-0.2, -0.15) is 0 Å². The predicted molar refractivity (Wildman–Crippen MR) is 113 cm³/mol. The Labute approximate surface area is 169 Å². The lowest BCUT2D eigenvalue weighted by Crippen LogP contribution is -2.34. The van der Waals surface area contributed by atoms with Crippen LogP contribution in [0.2, 0.25) is 0 Å². The van der Waals surface area contributed by atoms with Gasteiger partial charge < -0.3 is 10.1 Å². The van der Waals surface area contributed by atoms with Gasteiger partial charge in [0.1, 0.15) is 10.1 Å². The summed E-state index contributed by atoms with van der Waals surface area (Å²) in [6.07, 6.45) is 7.40. The summed E-state index contributed by atoms with van der Waals surface area (Å²) < 4.78 is 5.76. The van der Waals surface area contributed by atoms with Crippen molar-refractivity contribution in [1.82, 2.24) is 10.2 Å². The number of hydrogen-bond acceptors (Lipinski definition) is 5. The van der Waals surface area contributed by atoms with Gasteiger partial charge in [0, 0.05) is 19.0 Å². The molecule has 0 atom stereocenters. The summed E-state index contributed by atoms with van der Waals surface area (Å²) in [7, 11) is 1.61. The zero-order chi connectivity index (χ0) is 19.2. The van der Waals surface area contributed by atoms with Crippen LogP contribution in [0.4, 0.5) is 0 Å². The van der Waals surface area contributed by atoms with Gasteiger partial charge in [-0.1, -0.05) is 49.0 Å². The topological polar surface area (TPSA) is 58.6 Å². The summed E-state index contributed by atoms with van der Waals surface area (Å²) >= 11 is 6.66. The number of nitrogens with one attached hydrogen (secondary N) is 1. The van der Waals surface area contributed by atoms with Crippen molar-refractivity contribution in [2.24, 2.45) is 0 Å². The molecule has 0 spiro atoms. The first-order chi connectivity index (χ1) is 13.1. The zero-order valence-corrected chi connectivity index (χ0v) is 17.0. The highest BCUT2D eigenvalue weighted by molar-refractivity contribution is 8.26. The van der Waals surface area contributed by atoms with Crippen LogP contribution in [0.25, 0.3) is 6.08 Å². The lowest BCUT2D eigenvalue weighted by molar-refractivity contribution is -0.124. The number of rotatable bonds is 7. The van der Waals surface area contributed by atoms with E-state index in [0.717, 1.165) is 24.2 Å². The number of hydrogen-bond donors (Lipinski definition) is 1. The molecule has 27 heavy (non-hydrogen) atoms. The number of thiocarbonyl (C=S) groups is 1. The van der Waals surface area contributed by atoms with Crippen molar-refractivity contribution < 1.29 is 14.3 Å². The van der Waals surface area contributed by atoms with Gasteiger partial charge >= 0.3 is 0 Å². The maximum atomic E-state index is 12.6. The van der Waals surface area contributed by atoms with Crippen LogP contribution >= 0.6 is 24.0 Å². The highest BCUT2D eigenvalue weighted by Gasteiger charge is 2.31. The van der Waals surface area contributed by atoms with E-state index in [0.29, 0.717) is 34.7 Å². The molecule has 1 saturated carbocycles. The van der Waals surface area contributed by atoms with E-state index in [1.165, 1.54) is 24.6 Å². The fourth-order valence-corrected chi connectivity index (χ4v) is 4.65. The van der Waals surface area contributed by atoms with E-state index in [1.54, 1.807) is 12.0 Å². The van der Waals surface area contributed by atoms with Crippen LogP contribution in [0, 0.1) is 0 Å². The van der Waals surface area contributed by atoms with Gasteiger partial charge in [0.25, 0.3) is 5.91 Å². The van der Waals surface area contributed by atoms with E-state index in [1.807, 2.05) is 30.3 Å². The van der Waals surface area contributed by atoms with Crippen LogP contribution in [0.3, 0.4) is 0 Å². The quantitative estimate of drug-likeness (QED) is 0.554. The van der Waals surface area contributed by atoms with Crippen LogP contribution in [-0.4, -0.2) is 40.7 Å². The molecule has 1 aliphatic carbocycles. The van der Waals surface area contributed by atoms with Gasteiger partial charge in [-0.25, -0.2) is 0 Å². The van der Waals surface area contributed by atoms with Crippen molar-refractivity contribution in [3.8, 4) is 5.75 Å². The Bertz CT molecular complexity index is 757. The Balaban J connectivity index is 1.52. The maximum absolute atomic E-state index is 12.6. The second-order valence-corrected chi connectivity index (χ2v) is 8.44. The molecule has 2 amide bonds. The van der Waals surface area contributed by atoms with Gasteiger partial charge in [-0.3, -0.25) is 14.5 Å². The molecule has 1 aromatic carbocycles. The molecule has 1 N–H and O–H groups in total. The molecular weight excluding hydrogens is 380 g/mol. The third-order valence-electron chi connectivity index (χ3n) is 4.77. The molecule has 5 nitrogen and oxygen atoms in total. The molecule has 3 rings (SSSR count). The van der Waals surface area contributed by atoms with Crippen molar-refractivity contribution >= 4 is 46.2 Å². The lowest BCUT2D eigenvalue weighted by Gasteiger charge is -2.15. The molecule has 1 saturated heterocycles. The lowest BCUT2D eigenvalue weighted by atomic mass is 10.2. The molecule has 1 aliphatic heterocycles. The van der Waals surface area contributed by atoms with Gasteiger partial charge in [0.05, 0.1) is 12.0 Å². The summed E-state index contributed by atoms with van der Waals surface area (Å²) in [5.41, 5.74) is 0.894. The van der Waals surface area contributed by atoms with Crippen LogP contribution in [0.15, 0.2) is 29.2 Å². The fourth-order valence-electron chi connectivity index (χ4n) is 3.34. The second kappa shape index (κ2) is 9.37. The average Bonchev–Trinajstić information content (AvgIpc) is 3.25. The summed E-state index contributed by atoms with van der Waals surface area (Å²) in [4.78, 5) is 26.9. The number of amides is 2. The van der Waals surface area contributed by atoms with Gasteiger partial charge in [0.2, 0.25) is 5.91 Å². The van der Waals surface area contributed by atoms with E-state index in [9.17, 15) is 9.59 Å². The van der Waals surface area contributed by atoms with E-state index in [-0.39, 0.29) is 11.8 Å². The molecule has 7 heteroatoms. The van der Waals surface area contributed by atoms with E-state index < -0.39 is 0 Å². The largest absolute Gasteiger partial charge is 0.497 e. The zero-order valence-electron chi connectivity index (χ0n) is 15.4. The molecule has 0 radical (unpaired) electrons. The first-order valence-electron chi connectivity index (χ1n) is 9.25. The van der Waals surface area contributed by atoms with E-state index in [4.69, 9.17) is 17.0 Å². The second-order valence-electron chi connectivity index (χ2n) is 6.76. The molecular formula is C20H24N2O3S2. The van der Waals surface area contributed by atoms with Crippen LogP contribution < -0.4 is 10.1 Å². The molecule has 0 bridgehead atoms. The van der Waals surface area contributed by atoms with E-state index in [2.05, 4.69) is 5.32 Å².